The van der Waals surface area contributed by atoms with Crippen LogP contribution in [0, 0.1) is 4.91 Å². The minimum Gasteiger partial charge on any atom is -0.145 e. The zero-order chi connectivity index (χ0) is 8.27. The highest BCUT2D eigenvalue weighted by atomic mass is 16.3. The lowest BCUT2D eigenvalue weighted by atomic mass is 9.96. The van der Waals surface area contributed by atoms with Crippen molar-refractivity contribution in [2.24, 2.45) is 5.18 Å². The summed E-state index contributed by atoms with van der Waals surface area (Å²) in [7, 11) is 0. The molecule has 0 aliphatic heterocycles. The second kappa shape index (κ2) is 3.46. The summed E-state index contributed by atoms with van der Waals surface area (Å²) in [6, 6.07) is 0. The van der Waals surface area contributed by atoms with Gasteiger partial charge in [0.2, 0.25) is 0 Å². The van der Waals surface area contributed by atoms with Crippen LogP contribution in [-0.2, 0) is 0 Å². The van der Waals surface area contributed by atoms with Crippen LogP contribution in [0.5, 0.6) is 0 Å². The van der Waals surface area contributed by atoms with Crippen LogP contribution in [0.1, 0.15) is 33.1 Å². The van der Waals surface area contributed by atoms with E-state index < -0.39 is 0 Å². The molecule has 0 spiro atoms. The van der Waals surface area contributed by atoms with Gasteiger partial charge in [-0.15, -0.1) is 4.91 Å². The maximum atomic E-state index is 10.3. The number of nitroso groups, excluding NO2 is 1. The molecule has 0 heterocycles. The van der Waals surface area contributed by atoms with Gasteiger partial charge in [-0.1, -0.05) is 18.6 Å². The van der Waals surface area contributed by atoms with Crippen molar-refractivity contribution in [2.45, 2.75) is 33.1 Å². The molecule has 0 aromatic heterocycles. The molecule has 0 saturated heterocycles. The molecule has 2 heteroatoms. The topological polar surface area (TPSA) is 29.4 Å². The summed E-state index contributed by atoms with van der Waals surface area (Å²) < 4.78 is 0. The fourth-order valence-corrected chi connectivity index (χ4v) is 1.34. The third-order valence-electron chi connectivity index (χ3n) is 2.04. The normalized spacial score (nSPS) is 18.2. The first kappa shape index (κ1) is 8.18. The van der Waals surface area contributed by atoms with E-state index in [1.807, 2.05) is 0 Å². The lowest BCUT2D eigenvalue weighted by molar-refractivity contribution is 0.853. The van der Waals surface area contributed by atoms with Crippen molar-refractivity contribution >= 4 is 0 Å². The number of hydrogen-bond donors (Lipinski definition) is 0. The molecule has 1 rings (SSSR count). The Labute approximate surface area is 67.0 Å². The van der Waals surface area contributed by atoms with Crippen LogP contribution in [-0.4, -0.2) is 0 Å². The molecule has 0 fully saturated rings. The van der Waals surface area contributed by atoms with Gasteiger partial charge in [-0.3, -0.25) is 0 Å². The number of hydrogen-bond acceptors (Lipinski definition) is 2. The van der Waals surface area contributed by atoms with Gasteiger partial charge < -0.3 is 0 Å². The van der Waals surface area contributed by atoms with E-state index in [1.54, 1.807) is 0 Å². The fraction of sp³-hybridized carbons (Fsp3) is 0.556. The SMILES string of the molecule is CCC1=C(N=O)CCC(C)=C1. The summed E-state index contributed by atoms with van der Waals surface area (Å²) in [6.07, 6.45) is 4.82. The van der Waals surface area contributed by atoms with Gasteiger partial charge >= 0.3 is 0 Å². The Bertz CT molecular complexity index is 226. The largest absolute Gasteiger partial charge is 0.145 e. The monoisotopic (exact) mass is 151 g/mol. The molecule has 11 heavy (non-hydrogen) atoms. The predicted molar refractivity (Wildman–Crippen MR) is 46.1 cm³/mol. The highest BCUT2D eigenvalue weighted by molar-refractivity contribution is 5.31. The maximum Gasteiger partial charge on any atom is 0.0883 e. The van der Waals surface area contributed by atoms with Crippen molar-refractivity contribution in [2.75, 3.05) is 0 Å². The molecular weight excluding hydrogens is 138 g/mol. The highest BCUT2D eigenvalue weighted by Gasteiger charge is 2.09. The lowest BCUT2D eigenvalue weighted by Crippen LogP contribution is -1.94. The Morgan fingerprint density at radius 3 is 2.82 bits per heavy atom. The highest BCUT2D eigenvalue weighted by Crippen LogP contribution is 2.25. The summed E-state index contributed by atoms with van der Waals surface area (Å²) in [5.41, 5.74) is 3.22. The first-order valence-corrected chi connectivity index (χ1v) is 4.00. The predicted octanol–water partition coefficient (Wildman–Crippen LogP) is 3.16. The van der Waals surface area contributed by atoms with E-state index in [0.29, 0.717) is 0 Å². The summed E-state index contributed by atoms with van der Waals surface area (Å²) >= 11 is 0. The minimum absolute atomic E-state index is 0.748. The van der Waals surface area contributed by atoms with E-state index in [2.05, 4.69) is 25.1 Å². The average molecular weight is 151 g/mol. The van der Waals surface area contributed by atoms with E-state index in [4.69, 9.17) is 0 Å². The van der Waals surface area contributed by atoms with E-state index in [1.165, 1.54) is 5.57 Å². The Balaban J connectivity index is 2.92. The van der Waals surface area contributed by atoms with E-state index in [9.17, 15) is 4.91 Å². The summed E-state index contributed by atoms with van der Waals surface area (Å²) in [5, 5.41) is 3.02. The zero-order valence-corrected chi connectivity index (χ0v) is 7.05. The number of nitrogens with zero attached hydrogens (tertiary/aromatic N) is 1. The first-order chi connectivity index (χ1) is 5.27. The van der Waals surface area contributed by atoms with Gasteiger partial charge in [-0.2, -0.15) is 0 Å². The number of rotatable bonds is 2. The van der Waals surface area contributed by atoms with Crippen molar-refractivity contribution < 1.29 is 0 Å². The molecule has 0 N–H and O–H groups in total. The molecular formula is C9H13NO. The van der Waals surface area contributed by atoms with Crippen LogP contribution >= 0.6 is 0 Å². The van der Waals surface area contributed by atoms with Crippen LogP contribution in [0.15, 0.2) is 28.1 Å². The third-order valence-corrected chi connectivity index (χ3v) is 2.04. The van der Waals surface area contributed by atoms with Crippen LogP contribution in [0.2, 0.25) is 0 Å². The van der Waals surface area contributed by atoms with Crippen LogP contribution < -0.4 is 0 Å². The van der Waals surface area contributed by atoms with E-state index >= 15 is 0 Å². The van der Waals surface area contributed by atoms with Crippen LogP contribution in [0.3, 0.4) is 0 Å². The van der Waals surface area contributed by atoms with E-state index in [0.717, 1.165) is 30.5 Å². The summed E-state index contributed by atoms with van der Waals surface area (Å²) in [5.74, 6) is 0. The van der Waals surface area contributed by atoms with Gasteiger partial charge in [0.1, 0.15) is 0 Å². The molecule has 2 nitrogen and oxygen atoms in total. The van der Waals surface area contributed by atoms with Crippen molar-refractivity contribution in [1.29, 1.82) is 0 Å². The van der Waals surface area contributed by atoms with Crippen molar-refractivity contribution in [1.82, 2.24) is 0 Å². The lowest BCUT2D eigenvalue weighted by Gasteiger charge is -2.11. The van der Waals surface area contributed by atoms with Gasteiger partial charge in [0.25, 0.3) is 0 Å². The van der Waals surface area contributed by atoms with Crippen molar-refractivity contribution in [3.63, 3.8) is 0 Å². The molecule has 0 unspecified atom stereocenters. The van der Waals surface area contributed by atoms with Crippen LogP contribution in [0.4, 0.5) is 0 Å². The molecule has 0 radical (unpaired) electrons. The molecule has 0 saturated carbocycles. The second-order valence-corrected chi connectivity index (χ2v) is 2.91. The Morgan fingerprint density at radius 2 is 2.27 bits per heavy atom. The van der Waals surface area contributed by atoms with Gasteiger partial charge in [0.05, 0.1) is 5.70 Å². The molecule has 0 aromatic carbocycles. The smallest absolute Gasteiger partial charge is 0.0883 e. The zero-order valence-electron chi connectivity index (χ0n) is 7.05. The quantitative estimate of drug-likeness (QED) is 0.557. The third kappa shape index (κ3) is 1.76. The van der Waals surface area contributed by atoms with Gasteiger partial charge in [0, 0.05) is 0 Å². The second-order valence-electron chi connectivity index (χ2n) is 2.91. The van der Waals surface area contributed by atoms with Crippen LogP contribution in [0.25, 0.3) is 0 Å². The summed E-state index contributed by atoms with van der Waals surface area (Å²) in [4.78, 5) is 10.3. The molecule has 1 aliphatic rings. The van der Waals surface area contributed by atoms with E-state index in [-0.39, 0.29) is 0 Å². The first-order valence-electron chi connectivity index (χ1n) is 4.00. The van der Waals surface area contributed by atoms with Gasteiger partial charge in [-0.25, -0.2) is 0 Å². The van der Waals surface area contributed by atoms with Crippen molar-refractivity contribution in [3.8, 4) is 0 Å². The fourth-order valence-electron chi connectivity index (χ4n) is 1.34. The Morgan fingerprint density at radius 1 is 1.55 bits per heavy atom. The standard InChI is InChI=1S/C9H13NO/c1-3-8-6-7(2)4-5-9(8)10-11/h6H,3-5H2,1-2H3. The molecule has 0 bridgehead atoms. The molecule has 0 amide bonds. The Kier molecular flexibility index (Phi) is 2.58. The maximum absolute atomic E-state index is 10.3. The Hall–Kier alpha value is -0.920. The number of allylic oxidation sites excluding steroid dienone is 4. The summed E-state index contributed by atoms with van der Waals surface area (Å²) in [6.45, 7) is 4.15. The van der Waals surface area contributed by atoms with Gasteiger partial charge in [-0.05, 0) is 36.9 Å². The molecule has 0 aromatic rings. The molecule has 0 atom stereocenters. The molecule has 60 valence electrons. The van der Waals surface area contributed by atoms with Gasteiger partial charge in [0.15, 0.2) is 0 Å². The van der Waals surface area contributed by atoms with Crippen molar-refractivity contribution in [3.05, 3.63) is 27.8 Å². The minimum atomic E-state index is 0.748. The molecule has 1 aliphatic carbocycles. The average Bonchev–Trinajstić information content (AvgIpc) is 2.04.